The molecule has 2 bridgehead atoms. The van der Waals surface area contributed by atoms with Gasteiger partial charge in [-0.05, 0) is 37.8 Å². The number of amidine groups is 1. The summed E-state index contributed by atoms with van der Waals surface area (Å²) < 4.78 is 0. The van der Waals surface area contributed by atoms with Crippen LogP contribution in [-0.4, -0.2) is 39.3 Å². The van der Waals surface area contributed by atoms with Crippen molar-refractivity contribution in [3.8, 4) is 0 Å². The lowest BCUT2D eigenvalue weighted by Gasteiger charge is -2.38. The number of anilines is 1. The fourth-order valence-electron chi connectivity index (χ4n) is 3.30. The van der Waals surface area contributed by atoms with E-state index in [0.717, 1.165) is 31.5 Å². The van der Waals surface area contributed by atoms with Gasteiger partial charge in [0.25, 0.3) is 0 Å². The van der Waals surface area contributed by atoms with Crippen molar-refractivity contribution in [1.29, 1.82) is 0 Å². The second-order valence-corrected chi connectivity index (χ2v) is 5.31. The lowest BCUT2D eigenvalue weighted by atomic mass is 10.00. The number of aliphatic hydroxyl groups is 1. The van der Waals surface area contributed by atoms with E-state index in [2.05, 4.69) is 15.0 Å². The summed E-state index contributed by atoms with van der Waals surface area (Å²) in [5.74, 6) is 0.941. The number of piperidine rings is 1. The minimum Gasteiger partial charge on any atom is -0.409 e. The van der Waals surface area contributed by atoms with E-state index in [-0.39, 0.29) is 11.9 Å². The molecule has 102 valence electrons. The van der Waals surface area contributed by atoms with Crippen molar-refractivity contribution >= 4 is 11.7 Å². The Balaban J connectivity index is 1.91. The van der Waals surface area contributed by atoms with E-state index in [1.807, 2.05) is 6.07 Å². The van der Waals surface area contributed by atoms with Crippen LogP contribution in [0.3, 0.4) is 0 Å². The first-order valence-electron chi connectivity index (χ1n) is 6.59. The molecule has 1 aromatic rings. The van der Waals surface area contributed by atoms with E-state index in [1.165, 1.54) is 0 Å². The quantitative estimate of drug-likeness (QED) is 0.315. The van der Waals surface area contributed by atoms with Crippen LogP contribution >= 0.6 is 0 Å². The van der Waals surface area contributed by atoms with Gasteiger partial charge in [0.05, 0.1) is 6.10 Å². The number of nitrogens with zero attached hydrogens (tertiary/aromatic N) is 3. The summed E-state index contributed by atoms with van der Waals surface area (Å²) in [6.45, 7) is 0. The molecule has 6 nitrogen and oxygen atoms in total. The van der Waals surface area contributed by atoms with Crippen molar-refractivity contribution < 1.29 is 10.3 Å². The monoisotopic (exact) mass is 262 g/mol. The number of nitrogens with two attached hydrogens (primary N) is 1. The van der Waals surface area contributed by atoms with Crippen LogP contribution in [0.15, 0.2) is 23.5 Å². The Morgan fingerprint density at radius 1 is 1.37 bits per heavy atom. The molecule has 0 saturated carbocycles. The molecular weight excluding hydrogens is 244 g/mol. The van der Waals surface area contributed by atoms with Crippen molar-refractivity contribution in [3.05, 3.63) is 23.9 Å². The third-order valence-corrected chi connectivity index (χ3v) is 4.12. The molecule has 2 aliphatic heterocycles. The molecule has 0 aliphatic carbocycles. The molecule has 0 amide bonds. The highest BCUT2D eigenvalue weighted by molar-refractivity contribution is 5.97. The molecule has 3 rings (SSSR count). The highest BCUT2D eigenvalue weighted by atomic mass is 16.4. The molecule has 0 spiro atoms. The van der Waals surface area contributed by atoms with Crippen LogP contribution in [0.25, 0.3) is 0 Å². The predicted molar refractivity (Wildman–Crippen MR) is 71.3 cm³/mol. The highest BCUT2D eigenvalue weighted by Gasteiger charge is 2.40. The molecule has 0 radical (unpaired) electrons. The van der Waals surface area contributed by atoms with Gasteiger partial charge in [-0.1, -0.05) is 5.16 Å². The second-order valence-electron chi connectivity index (χ2n) is 5.31. The molecule has 2 unspecified atom stereocenters. The Labute approximate surface area is 111 Å². The van der Waals surface area contributed by atoms with Crippen molar-refractivity contribution in [2.45, 2.75) is 43.9 Å². The topological polar surface area (TPSA) is 95.0 Å². The summed E-state index contributed by atoms with van der Waals surface area (Å²) >= 11 is 0. The first-order chi connectivity index (χ1) is 9.19. The lowest BCUT2D eigenvalue weighted by Crippen LogP contribution is -2.45. The SMILES string of the molecule is NC(=NO)c1ccnc(N2C3CCC2CC(O)C3)c1. The second kappa shape index (κ2) is 4.70. The Bertz CT molecular complexity index is 491. The Morgan fingerprint density at radius 2 is 2.05 bits per heavy atom. The third kappa shape index (κ3) is 2.12. The Morgan fingerprint density at radius 3 is 2.68 bits per heavy atom. The molecule has 19 heavy (non-hydrogen) atoms. The molecule has 2 atom stereocenters. The smallest absolute Gasteiger partial charge is 0.170 e. The van der Waals surface area contributed by atoms with Gasteiger partial charge in [0.15, 0.2) is 5.84 Å². The fourth-order valence-corrected chi connectivity index (χ4v) is 3.30. The standard InChI is InChI=1S/C13H18N4O2/c14-13(16-19)8-3-4-15-12(5-8)17-9-1-2-10(17)7-11(18)6-9/h3-5,9-11,18-19H,1-2,6-7H2,(H2,14,16). The third-order valence-electron chi connectivity index (χ3n) is 4.12. The zero-order valence-electron chi connectivity index (χ0n) is 10.6. The fraction of sp³-hybridized carbons (Fsp3) is 0.538. The maximum absolute atomic E-state index is 9.82. The summed E-state index contributed by atoms with van der Waals surface area (Å²) in [6.07, 6.45) is 5.26. The summed E-state index contributed by atoms with van der Waals surface area (Å²) in [7, 11) is 0. The van der Waals surface area contributed by atoms with Crippen LogP contribution in [0.5, 0.6) is 0 Å². The summed E-state index contributed by atoms with van der Waals surface area (Å²) in [5, 5.41) is 21.6. The molecule has 0 aromatic carbocycles. The number of rotatable bonds is 2. The van der Waals surface area contributed by atoms with E-state index in [1.54, 1.807) is 12.3 Å². The summed E-state index contributed by atoms with van der Waals surface area (Å²) in [6, 6.07) is 4.27. The van der Waals surface area contributed by atoms with Crippen LogP contribution in [0.4, 0.5) is 5.82 Å². The zero-order valence-corrected chi connectivity index (χ0v) is 10.6. The van der Waals surface area contributed by atoms with Gasteiger partial charge in [0.1, 0.15) is 5.82 Å². The van der Waals surface area contributed by atoms with Crippen molar-refractivity contribution in [3.63, 3.8) is 0 Å². The van der Waals surface area contributed by atoms with Crippen LogP contribution in [-0.2, 0) is 0 Å². The normalized spacial score (nSPS) is 30.7. The Hall–Kier alpha value is -1.82. The van der Waals surface area contributed by atoms with Crippen LogP contribution in [0, 0.1) is 0 Å². The van der Waals surface area contributed by atoms with Crippen LogP contribution in [0.1, 0.15) is 31.2 Å². The predicted octanol–water partition coefficient (Wildman–Crippen LogP) is 0.668. The number of hydrogen-bond donors (Lipinski definition) is 3. The van der Waals surface area contributed by atoms with E-state index in [4.69, 9.17) is 10.9 Å². The lowest BCUT2D eigenvalue weighted by molar-refractivity contribution is 0.126. The van der Waals surface area contributed by atoms with Gasteiger partial charge in [-0.15, -0.1) is 0 Å². The van der Waals surface area contributed by atoms with Gasteiger partial charge in [0, 0.05) is 23.8 Å². The van der Waals surface area contributed by atoms with Gasteiger partial charge in [-0.2, -0.15) is 0 Å². The van der Waals surface area contributed by atoms with Crippen molar-refractivity contribution in [1.82, 2.24) is 4.98 Å². The van der Waals surface area contributed by atoms with E-state index < -0.39 is 0 Å². The zero-order chi connectivity index (χ0) is 13.4. The average Bonchev–Trinajstić information content (AvgIpc) is 2.70. The summed E-state index contributed by atoms with van der Waals surface area (Å²) in [4.78, 5) is 6.68. The maximum atomic E-state index is 9.82. The number of pyridine rings is 1. The van der Waals surface area contributed by atoms with E-state index >= 15 is 0 Å². The first kappa shape index (κ1) is 12.2. The van der Waals surface area contributed by atoms with Gasteiger partial charge in [-0.3, -0.25) is 0 Å². The molecular formula is C13H18N4O2. The van der Waals surface area contributed by atoms with Crippen molar-refractivity contribution in [2.75, 3.05) is 4.90 Å². The molecule has 4 N–H and O–H groups in total. The van der Waals surface area contributed by atoms with Gasteiger partial charge in [-0.25, -0.2) is 4.98 Å². The molecule has 1 aromatic heterocycles. The molecule has 3 heterocycles. The number of aromatic nitrogens is 1. The number of aliphatic hydroxyl groups excluding tert-OH is 1. The maximum Gasteiger partial charge on any atom is 0.170 e. The van der Waals surface area contributed by atoms with Gasteiger partial charge >= 0.3 is 0 Å². The summed E-state index contributed by atoms with van der Waals surface area (Å²) in [5.41, 5.74) is 6.28. The highest BCUT2D eigenvalue weighted by Crippen LogP contribution is 2.38. The number of oxime groups is 1. The van der Waals surface area contributed by atoms with Gasteiger partial charge in [0.2, 0.25) is 0 Å². The van der Waals surface area contributed by atoms with Gasteiger partial charge < -0.3 is 20.9 Å². The molecule has 2 aliphatic rings. The minimum absolute atomic E-state index is 0.0908. The van der Waals surface area contributed by atoms with E-state index in [9.17, 15) is 5.11 Å². The molecule has 2 fully saturated rings. The number of fused-ring (bicyclic) bond motifs is 2. The minimum atomic E-state index is -0.194. The largest absolute Gasteiger partial charge is 0.409 e. The van der Waals surface area contributed by atoms with E-state index in [0.29, 0.717) is 17.6 Å². The number of hydrogen-bond acceptors (Lipinski definition) is 5. The van der Waals surface area contributed by atoms with Crippen LogP contribution < -0.4 is 10.6 Å². The average molecular weight is 262 g/mol. The van der Waals surface area contributed by atoms with Crippen LogP contribution in [0.2, 0.25) is 0 Å². The van der Waals surface area contributed by atoms with Crippen molar-refractivity contribution in [2.24, 2.45) is 10.9 Å². The Kier molecular flexibility index (Phi) is 3.02. The molecule has 6 heteroatoms. The molecule has 2 saturated heterocycles. The first-order valence-corrected chi connectivity index (χ1v) is 6.59.